The molecule has 0 heterocycles. The van der Waals surface area contributed by atoms with Gasteiger partial charge in [-0.3, -0.25) is 9.79 Å². The summed E-state index contributed by atoms with van der Waals surface area (Å²) < 4.78 is 0. The van der Waals surface area contributed by atoms with Gasteiger partial charge in [-0.25, -0.2) is 0 Å². The number of carbonyl (C=O) groups excluding carboxylic acids is 1. The summed E-state index contributed by atoms with van der Waals surface area (Å²) in [6.45, 7) is 6.80. The number of rotatable bonds is 7. The molecule has 5 heteroatoms. The van der Waals surface area contributed by atoms with Crippen molar-refractivity contribution in [3.63, 3.8) is 0 Å². The predicted octanol–water partition coefficient (Wildman–Crippen LogP) is 3.09. The van der Waals surface area contributed by atoms with Crippen molar-refractivity contribution < 1.29 is 4.79 Å². The van der Waals surface area contributed by atoms with Crippen molar-refractivity contribution in [1.29, 1.82) is 0 Å². The minimum atomic E-state index is -0.246. The van der Waals surface area contributed by atoms with Crippen molar-refractivity contribution in [1.82, 2.24) is 16.0 Å². The molecule has 0 saturated carbocycles. The van der Waals surface area contributed by atoms with Crippen molar-refractivity contribution in [2.75, 3.05) is 20.1 Å². The van der Waals surface area contributed by atoms with Crippen LogP contribution in [0, 0.1) is 0 Å². The van der Waals surface area contributed by atoms with Crippen LogP contribution in [-0.2, 0) is 11.2 Å². The van der Waals surface area contributed by atoms with Gasteiger partial charge in [0.2, 0.25) is 5.91 Å². The van der Waals surface area contributed by atoms with Gasteiger partial charge in [0.1, 0.15) is 0 Å². The Labute approximate surface area is 168 Å². The fourth-order valence-electron chi connectivity index (χ4n) is 3.00. The molecule has 5 nitrogen and oxygen atoms in total. The van der Waals surface area contributed by atoms with E-state index < -0.39 is 0 Å². The largest absolute Gasteiger partial charge is 0.356 e. The first-order valence-corrected chi connectivity index (χ1v) is 9.72. The van der Waals surface area contributed by atoms with Gasteiger partial charge < -0.3 is 16.0 Å². The number of nitrogens with zero attached hydrogens (tertiary/aromatic N) is 1. The van der Waals surface area contributed by atoms with E-state index in [9.17, 15) is 4.79 Å². The first-order valence-electron chi connectivity index (χ1n) is 9.72. The summed E-state index contributed by atoms with van der Waals surface area (Å²) in [7, 11) is 1.71. The maximum absolute atomic E-state index is 12.0. The van der Waals surface area contributed by atoms with Gasteiger partial charge in [-0.2, -0.15) is 0 Å². The van der Waals surface area contributed by atoms with Crippen LogP contribution in [0.15, 0.2) is 65.7 Å². The number of nitrogens with one attached hydrogen (secondary N) is 3. The number of hydrogen-bond acceptors (Lipinski definition) is 2. The summed E-state index contributed by atoms with van der Waals surface area (Å²) >= 11 is 0. The molecule has 0 aliphatic rings. The summed E-state index contributed by atoms with van der Waals surface area (Å²) in [5, 5.41) is 9.39. The van der Waals surface area contributed by atoms with Crippen LogP contribution in [0.3, 0.4) is 0 Å². The standard InChI is InChI=1S/C23H32N4O/c1-23(2,3)27-21(28)17-26-22(24-4)25-16-20(19-13-9-6-10-14-19)15-18-11-7-5-8-12-18/h5-14,20H,15-17H2,1-4H3,(H,27,28)(H2,24,25,26). The summed E-state index contributed by atoms with van der Waals surface area (Å²) in [4.78, 5) is 16.3. The van der Waals surface area contributed by atoms with Crippen LogP contribution in [0.25, 0.3) is 0 Å². The zero-order valence-corrected chi connectivity index (χ0v) is 17.3. The smallest absolute Gasteiger partial charge is 0.239 e. The SMILES string of the molecule is CN=C(NCC(=O)NC(C)(C)C)NCC(Cc1ccccc1)c1ccccc1. The lowest BCUT2D eigenvalue weighted by molar-refractivity contribution is -0.121. The molecular formula is C23H32N4O. The van der Waals surface area contributed by atoms with Gasteiger partial charge >= 0.3 is 0 Å². The summed E-state index contributed by atoms with van der Waals surface area (Å²) in [5.74, 6) is 0.864. The fraction of sp³-hybridized carbons (Fsp3) is 0.391. The zero-order valence-electron chi connectivity index (χ0n) is 17.3. The lowest BCUT2D eigenvalue weighted by Crippen LogP contribution is -2.48. The second kappa shape index (κ2) is 10.5. The third-order valence-corrected chi connectivity index (χ3v) is 4.27. The Morgan fingerprint density at radius 1 is 0.964 bits per heavy atom. The Morgan fingerprint density at radius 3 is 2.14 bits per heavy atom. The quantitative estimate of drug-likeness (QED) is 0.511. The minimum absolute atomic E-state index is 0.0562. The molecule has 1 unspecified atom stereocenters. The van der Waals surface area contributed by atoms with Gasteiger partial charge in [0, 0.05) is 25.0 Å². The van der Waals surface area contributed by atoms with E-state index in [4.69, 9.17) is 0 Å². The Bertz CT molecular complexity index is 751. The van der Waals surface area contributed by atoms with Crippen LogP contribution in [-0.4, -0.2) is 37.5 Å². The lowest BCUT2D eigenvalue weighted by atomic mass is 9.92. The molecule has 28 heavy (non-hydrogen) atoms. The van der Waals surface area contributed by atoms with E-state index in [1.165, 1.54) is 11.1 Å². The molecule has 0 spiro atoms. The molecule has 2 aromatic rings. The average Bonchev–Trinajstić information content (AvgIpc) is 2.67. The van der Waals surface area contributed by atoms with Gasteiger partial charge in [-0.1, -0.05) is 60.7 Å². The molecule has 0 radical (unpaired) electrons. The van der Waals surface area contributed by atoms with Crippen LogP contribution >= 0.6 is 0 Å². The van der Waals surface area contributed by atoms with E-state index in [0.717, 1.165) is 13.0 Å². The van der Waals surface area contributed by atoms with Crippen LogP contribution in [0.2, 0.25) is 0 Å². The highest BCUT2D eigenvalue weighted by atomic mass is 16.2. The summed E-state index contributed by atoms with van der Waals surface area (Å²) in [5.41, 5.74) is 2.33. The molecule has 150 valence electrons. The van der Waals surface area contributed by atoms with Crippen molar-refractivity contribution in [2.24, 2.45) is 4.99 Å². The van der Waals surface area contributed by atoms with Crippen LogP contribution in [0.5, 0.6) is 0 Å². The number of hydrogen-bond donors (Lipinski definition) is 3. The maximum Gasteiger partial charge on any atom is 0.239 e. The molecular weight excluding hydrogens is 348 g/mol. The Hall–Kier alpha value is -2.82. The topological polar surface area (TPSA) is 65.5 Å². The molecule has 0 aromatic heterocycles. The maximum atomic E-state index is 12.0. The second-order valence-corrected chi connectivity index (χ2v) is 7.90. The van der Waals surface area contributed by atoms with Crippen molar-refractivity contribution >= 4 is 11.9 Å². The summed E-state index contributed by atoms with van der Waals surface area (Å²) in [6, 6.07) is 21.0. The van der Waals surface area contributed by atoms with E-state index in [-0.39, 0.29) is 18.0 Å². The molecule has 0 aliphatic carbocycles. The van der Waals surface area contributed by atoms with E-state index >= 15 is 0 Å². The molecule has 0 saturated heterocycles. The first-order chi connectivity index (χ1) is 13.4. The van der Waals surface area contributed by atoms with Gasteiger partial charge in [0.25, 0.3) is 0 Å². The zero-order chi connectivity index (χ0) is 20.4. The number of aliphatic imine (C=N–C) groups is 1. The predicted molar refractivity (Wildman–Crippen MR) is 117 cm³/mol. The van der Waals surface area contributed by atoms with Crippen molar-refractivity contribution in [3.8, 4) is 0 Å². The number of benzene rings is 2. The molecule has 1 atom stereocenters. The minimum Gasteiger partial charge on any atom is -0.356 e. The number of guanidine groups is 1. The van der Waals surface area contributed by atoms with Gasteiger partial charge in [-0.05, 0) is 38.3 Å². The molecule has 3 N–H and O–H groups in total. The highest BCUT2D eigenvalue weighted by Gasteiger charge is 2.15. The van der Waals surface area contributed by atoms with E-state index in [2.05, 4.69) is 69.5 Å². The third-order valence-electron chi connectivity index (χ3n) is 4.27. The molecule has 0 fully saturated rings. The third kappa shape index (κ3) is 7.82. The first kappa shape index (κ1) is 21.5. The Kier molecular flexibility index (Phi) is 8.05. The number of amides is 1. The molecule has 0 bridgehead atoms. The second-order valence-electron chi connectivity index (χ2n) is 7.90. The van der Waals surface area contributed by atoms with Crippen LogP contribution in [0.4, 0.5) is 0 Å². The lowest BCUT2D eigenvalue weighted by Gasteiger charge is -2.22. The molecule has 1 amide bonds. The van der Waals surface area contributed by atoms with Gasteiger partial charge in [-0.15, -0.1) is 0 Å². The molecule has 2 rings (SSSR count). The summed E-state index contributed by atoms with van der Waals surface area (Å²) in [6.07, 6.45) is 0.930. The Balaban J connectivity index is 1.96. The van der Waals surface area contributed by atoms with Gasteiger partial charge in [0.15, 0.2) is 5.96 Å². The molecule has 2 aromatic carbocycles. The Morgan fingerprint density at radius 2 is 1.57 bits per heavy atom. The monoisotopic (exact) mass is 380 g/mol. The van der Waals surface area contributed by atoms with E-state index in [1.807, 2.05) is 32.9 Å². The van der Waals surface area contributed by atoms with E-state index in [0.29, 0.717) is 11.9 Å². The van der Waals surface area contributed by atoms with Crippen LogP contribution in [0.1, 0.15) is 37.8 Å². The normalized spacial score (nSPS) is 12.9. The molecule has 0 aliphatic heterocycles. The van der Waals surface area contributed by atoms with Crippen molar-refractivity contribution in [3.05, 3.63) is 71.8 Å². The highest BCUT2D eigenvalue weighted by Crippen LogP contribution is 2.20. The van der Waals surface area contributed by atoms with Crippen molar-refractivity contribution in [2.45, 2.75) is 38.6 Å². The fourth-order valence-corrected chi connectivity index (χ4v) is 3.00. The highest BCUT2D eigenvalue weighted by molar-refractivity contribution is 5.86. The van der Waals surface area contributed by atoms with E-state index in [1.54, 1.807) is 7.05 Å². The average molecular weight is 381 g/mol. The van der Waals surface area contributed by atoms with Crippen LogP contribution < -0.4 is 16.0 Å². The number of carbonyl (C=O) groups is 1. The van der Waals surface area contributed by atoms with Gasteiger partial charge in [0.05, 0.1) is 6.54 Å².